The number of benzene rings is 1. The maximum absolute atomic E-state index is 12.0. The highest BCUT2D eigenvalue weighted by molar-refractivity contribution is 7.89. The molecule has 0 bridgehead atoms. The topological polar surface area (TPSA) is 50.6 Å². The van der Waals surface area contributed by atoms with Crippen molar-refractivity contribution in [2.45, 2.75) is 11.3 Å². The van der Waals surface area contributed by atoms with E-state index in [4.69, 9.17) is 23.2 Å². The minimum atomic E-state index is -3.64. The molecule has 0 unspecified atom stereocenters. The first-order valence-electron chi connectivity index (χ1n) is 5.57. The quantitative estimate of drug-likeness (QED) is 0.764. The molecule has 7 heteroatoms. The standard InChI is InChI=1S/C11H16Cl2N2O2S/c1-15(2)8-4-7-14-18(16,17)11-9(12)5-3-6-10(11)13/h3,5-6,14H,4,7-8H2,1-2H3/p+1. The molecular formula is C11H17Cl2N2O2S+. The molecule has 0 fully saturated rings. The van der Waals surface area contributed by atoms with E-state index in [0.29, 0.717) is 6.54 Å². The second kappa shape index (κ2) is 6.73. The molecule has 4 nitrogen and oxygen atoms in total. The fourth-order valence-electron chi connectivity index (χ4n) is 1.46. The lowest BCUT2D eigenvalue weighted by Crippen LogP contribution is -3.05. The van der Waals surface area contributed by atoms with Crippen LogP contribution in [0.25, 0.3) is 0 Å². The van der Waals surface area contributed by atoms with Gasteiger partial charge in [-0.3, -0.25) is 0 Å². The zero-order valence-electron chi connectivity index (χ0n) is 10.3. The van der Waals surface area contributed by atoms with Gasteiger partial charge in [0, 0.05) is 13.0 Å². The van der Waals surface area contributed by atoms with E-state index >= 15 is 0 Å². The number of rotatable bonds is 6. The van der Waals surface area contributed by atoms with Gasteiger partial charge in [-0.05, 0) is 12.1 Å². The van der Waals surface area contributed by atoms with Gasteiger partial charge in [0.1, 0.15) is 4.90 Å². The van der Waals surface area contributed by atoms with Crippen molar-refractivity contribution >= 4 is 33.2 Å². The smallest absolute Gasteiger partial charge is 0.243 e. The summed E-state index contributed by atoms with van der Waals surface area (Å²) in [5.74, 6) is 0. The Morgan fingerprint density at radius 1 is 1.22 bits per heavy atom. The van der Waals surface area contributed by atoms with Gasteiger partial charge < -0.3 is 4.90 Å². The Hall–Kier alpha value is -0.330. The maximum atomic E-state index is 12.0. The van der Waals surface area contributed by atoms with E-state index in [-0.39, 0.29) is 14.9 Å². The molecule has 0 saturated heterocycles. The molecule has 2 N–H and O–H groups in total. The molecule has 0 amide bonds. The van der Waals surface area contributed by atoms with Crippen LogP contribution in [0.15, 0.2) is 23.1 Å². The van der Waals surface area contributed by atoms with Gasteiger partial charge in [0.2, 0.25) is 10.0 Å². The van der Waals surface area contributed by atoms with Gasteiger partial charge in [-0.15, -0.1) is 0 Å². The van der Waals surface area contributed by atoms with E-state index in [9.17, 15) is 8.42 Å². The molecule has 0 radical (unpaired) electrons. The van der Waals surface area contributed by atoms with Crippen molar-refractivity contribution in [1.29, 1.82) is 0 Å². The van der Waals surface area contributed by atoms with Gasteiger partial charge >= 0.3 is 0 Å². The van der Waals surface area contributed by atoms with Crippen LogP contribution in [-0.2, 0) is 10.0 Å². The van der Waals surface area contributed by atoms with Gasteiger partial charge in [-0.2, -0.15) is 0 Å². The fourth-order valence-corrected chi connectivity index (χ4v) is 3.67. The van der Waals surface area contributed by atoms with Gasteiger partial charge in [0.05, 0.1) is 30.7 Å². The Morgan fingerprint density at radius 3 is 2.28 bits per heavy atom. The monoisotopic (exact) mass is 311 g/mol. The maximum Gasteiger partial charge on any atom is 0.243 e. The van der Waals surface area contributed by atoms with Crippen LogP contribution in [0.1, 0.15) is 6.42 Å². The second-order valence-electron chi connectivity index (χ2n) is 4.26. The van der Waals surface area contributed by atoms with E-state index < -0.39 is 10.0 Å². The van der Waals surface area contributed by atoms with E-state index in [1.807, 2.05) is 14.1 Å². The second-order valence-corrected chi connectivity index (χ2v) is 6.78. The average molecular weight is 312 g/mol. The van der Waals surface area contributed by atoms with Crippen LogP contribution in [0.2, 0.25) is 10.0 Å². The third-order valence-electron chi connectivity index (χ3n) is 2.33. The lowest BCUT2D eigenvalue weighted by Gasteiger charge is -2.10. The number of nitrogens with one attached hydrogen (secondary N) is 2. The van der Waals surface area contributed by atoms with Crippen LogP contribution in [0.4, 0.5) is 0 Å². The van der Waals surface area contributed by atoms with Crippen LogP contribution in [0, 0.1) is 0 Å². The molecule has 1 aromatic carbocycles. The molecule has 1 aromatic rings. The first-order chi connectivity index (χ1) is 8.34. The minimum absolute atomic E-state index is 0.0504. The minimum Gasteiger partial charge on any atom is -0.340 e. The number of sulfonamides is 1. The van der Waals surface area contributed by atoms with E-state index in [1.165, 1.54) is 17.0 Å². The Kier molecular flexibility index (Phi) is 5.88. The summed E-state index contributed by atoms with van der Waals surface area (Å²) in [4.78, 5) is 1.22. The Morgan fingerprint density at radius 2 is 1.78 bits per heavy atom. The predicted molar refractivity (Wildman–Crippen MR) is 73.9 cm³/mol. The molecule has 0 aliphatic heterocycles. The van der Waals surface area contributed by atoms with Crippen LogP contribution < -0.4 is 9.62 Å². The number of quaternary nitrogens is 1. The zero-order valence-corrected chi connectivity index (χ0v) is 12.7. The van der Waals surface area contributed by atoms with Gasteiger partial charge in [-0.1, -0.05) is 29.3 Å². The first-order valence-corrected chi connectivity index (χ1v) is 7.81. The van der Waals surface area contributed by atoms with Crippen molar-refractivity contribution in [2.75, 3.05) is 27.2 Å². The summed E-state index contributed by atoms with van der Waals surface area (Å²) in [6.07, 6.45) is 0.754. The third-order valence-corrected chi connectivity index (χ3v) is 4.75. The average Bonchev–Trinajstić information content (AvgIpc) is 2.23. The van der Waals surface area contributed by atoms with Crippen LogP contribution in [-0.4, -0.2) is 35.6 Å². The van der Waals surface area contributed by atoms with E-state index in [1.54, 1.807) is 6.07 Å². The van der Waals surface area contributed by atoms with Crippen molar-refractivity contribution in [1.82, 2.24) is 4.72 Å². The van der Waals surface area contributed by atoms with Crippen molar-refractivity contribution < 1.29 is 13.3 Å². The first kappa shape index (κ1) is 15.7. The predicted octanol–water partition coefficient (Wildman–Crippen LogP) is 0.806. The van der Waals surface area contributed by atoms with Crippen LogP contribution in [0.3, 0.4) is 0 Å². The fraction of sp³-hybridized carbons (Fsp3) is 0.455. The molecule has 102 valence electrons. The molecule has 1 rings (SSSR count). The zero-order chi connectivity index (χ0) is 13.8. The van der Waals surface area contributed by atoms with Crippen molar-refractivity contribution in [3.05, 3.63) is 28.2 Å². The molecule has 0 saturated carbocycles. The highest BCUT2D eigenvalue weighted by atomic mass is 35.5. The summed E-state index contributed by atoms with van der Waals surface area (Å²) < 4.78 is 26.6. The van der Waals surface area contributed by atoms with Crippen molar-refractivity contribution in [3.63, 3.8) is 0 Å². The van der Waals surface area contributed by atoms with Gasteiger partial charge in [-0.25, -0.2) is 13.1 Å². The molecule has 0 aliphatic rings. The SMILES string of the molecule is C[NH+](C)CCCNS(=O)(=O)c1c(Cl)cccc1Cl. The van der Waals surface area contributed by atoms with Crippen LogP contribution >= 0.6 is 23.2 Å². The summed E-state index contributed by atoms with van der Waals surface area (Å²) in [5.41, 5.74) is 0. The molecule has 18 heavy (non-hydrogen) atoms. The Balaban J connectivity index is 2.75. The highest BCUT2D eigenvalue weighted by Gasteiger charge is 2.20. The van der Waals surface area contributed by atoms with E-state index in [0.717, 1.165) is 13.0 Å². The molecule has 0 aliphatic carbocycles. The molecule has 0 atom stereocenters. The summed E-state index contributed by atoms with van der Waals surface area (Å²) in [7, 11) is 0.384. The lowest BCUT2D eigenvalue weighted by molar-refractivity contribution is -0.858. The van der Waals surface area contributed by atoms with Gasteiger partial charge in [0.15, 0.2) is 0 Å². The number of hydrogen-bond acceptors (Lipinski definition) is 2. The summed E-state index contributed by atoms with van der Waals surface area (Å²) >= 11 is 11.7. The largest absolute Gasteiger partial charge is 0.340 e. The van der Waals surface area contributed by atoms with Crippen molar-refractivity contribution in [2.24, 2.45) is 0 Å². The Labute approximate surface area is 118 Å². The molecule has 0 heterocycles. The Bertz CT molecular complexity index is 484. The van der Waals surface area contributed by atoms with Gasteiger partial charge in [0.25, 0.3) is 0 Å². The normalized spacial score (nSPS) is 12.1. The van der Waals surface area contributed by atoms with Crippen molar-refractivity contribution in [3.8, 4) is 0 Å². The summed E-state index contributed by atoms with van der Waals surface area (Å²) in [5, 5.41) is 0.265. The molecule has 0 spiro atoms. The van der Waals surface area contributed by atoms with Crippen LogP contribution in [0.5, 0.6) is 0 Å². The lowest BCUT2D eigenvalue weighted by atomic mass is 10.4. The number of halogens is 2. The summed E-state index contributed by atoms with van der Waals surface area (Å²) in [6, 6.07) is 4.62. The molecular weight excluding hydrogens is 295 g/mol. The summed E-state index contributed by atoms with van der Waals surface area (Å²) in [6.45, 7) is 1.26. The van der Waals surface area contributed by atoms with E-state index in [2.05, 4.69) is 4.72 Å². The molecule has 0 aromatic heterocycles. The highest BCUT2D eigenvalue weighted by Crippen LogP contribution is 2.28. The number of hydrogen-bond donors (Lipinski definition) is 2. The third kappa shape index (κ3) is 4.40.